The number of rotatable bonds is 6. The van der Waals surface area contributed by atoms with Crippen molar-refractivity contribution in [1.82, 2.24) is 14.9 Å². The molecule has 0 radical (unpaired) electrons. The molecule has 0 spiro atoms. The molecular formula is C25H18ClN3O5. The highest BCUT2D eigenvalue weighted by Crippen LogP contribution is 2.41. The third-order valence-electron chi connectivity index (χ3n) is 5.61. The van der Waals surface area contributed by atoms with Crippen LogP contribution in [0.3, 0.4) is 0 Å². The Kier molecular flexibility index (Phi) is 5.51. The lowest BCUT2D eigenvalue weighted by molar-refractivity contribution is -0.130. The van der Waals surface area contributed by atoms with E-state index in [1.54, 1.807) is 55.1 Å². The molecule has 4 heterocycles. The number of ketones is 1. The number of nitrogens with zero attached hydrogens (tertiary/aromatic N) is 3. The maximum absolute atomic E-state index is 13.6. The fourth-order valence-corrected chi connectivity index (χ4v) is 4.32. The predicted molar refractivity (Wildman–Crippen MR) is 124 cm³/mol. The molecule has 0 saturated carbocycles. The van der Waals surface area contributed by atoms with Crippen LogP contribution in [0.1, 0.15) is 27.7 Å². The maximum atomic E-state index is 13.6. The minimum atomic E-state index is -0.868. The van der Waals surface area contributed by atoms with Gasteiger partial charge in [-0.15, -0.1) is 0 Å². The van der Waals surface area contributed by atoms with E-state index in [0.717, 1.165) is 5.56 Å². The molecule has 34 heavy (non-hydrogen) atoms. The van der Waals surface area contributed by atoms with Gasteiger partial charge in [0, 0.05) is 47.8 Å². The summed E-state index contributed by atoms with van der Waals surface area (Å²) in [6, 6.07) is 10.9. The van der Waals surface area contributed by atoms with Crippen molar-refractivity contribution in [3.63, 3.8) is 0 Å². The number of Topliss-reactive ketones (excluding diaryl/α,β-unsaturated/α-hetero) is 1. The van der Waals surface area contributed by atoms with Gasteiger partial charge >= 0.3 is 0 Å². The maximum Gasteiger partial charge on any atom is 0.290 e. The number of carbonyl (C=O) groups excluding carboxylic acids is 2. The van der Waals surface area contributed by atoms with Crippen molar-refractivity contribution in [1.29, 1.82) is 0 Å². The summed E-state index contributed by atoms with van der Waals surface area (Å²) in [4.78, 5) is 36.4. The molecule has 0 fully saturated rings. The minimum absolute atomic E-state index is 0.0537. The van der Waals surface area contributed by atoms with Crippen LogP contribution in [-0.2, 0) is 11.3 Å². The van der Waals surface area contributed by atoms with E-state index in [-0.39, 0.29) is 17.9 Å². The third kappa shape index (κ3) is 3.68. The molecule has 1 aromatic carbocycles. The quantitative estimate of drug-likeness (QED) is 0.404. The zero-order chi connectivity index (χ0) is 23.8. The molecular weight excluding hydrogens is 458 g/mol. The number of ether oxygens (including phenoxy) is 1. The molecule has 4 aromatic rings. The lowest BCUT2D eigenvalue weighted by Crippen LogP contribution is -2.30. The number of methoxy groups -OCH3 is 1. The van der Waals surface area contributed by atoms with Gasteiger partial charge in [0.2, 0.25) is 5.78 Å². The lowest BCUT2D eigenvalue weighted by atomic mass is 9.96. The van der Waals surface area contributed by atoms with Crippen molar-refractivity contribution in [2.24, 2.45) is 0 Å². The topological polar surface area (TPSA) is 106 Å². The molecule has 9 heteroatoms. The van der Waals surface area contributed by atoms with Crippen molar-refractivity contribution in [2.75, 3.05) is 7.11 Å². The molecule has 8 nitrogen and oxygen atoms in total. The SMILES string of the molecule is COc1cc(Cl)cc2cc(C(=O)C3=C(O)C(=O)N(Cc4cccnc4)C3c3cccnc3)oc12. The number of fused-ring (bicyclic) bond motifs is 1. The molecule has 5 rings (SSSR count). The van der Waals surface area contributed by atoms with Crippen molar-refractivity contribution >= 4 is 34.3 Å². The van der Waals surface area contributed by atoms with E-state index in [1.165, 1.54) is 18.1 Å². The van der Waals surface area contributed by atoms with E-state index < -0.39 is 23.5 Å². The normalized spacial score (nSPS) is 15.9. The number of aromatic nitrogens is 2. The fourth-order valence-electron chi connectivity index (χ4n) is 4.10. The molecule has 1 amide bonds. The van der Waals surface area contributed by atoms with Gasteiger partial charge < -0.3 is 19.2 Å². The smallest absolute Gasteiger partial charge is 0.290 e. The van der Waals surface area contributed by atoms with Gasteiger partial charge in [0.1, 0.15) is 0 Å². The summed E-state index contributed by atoms with van der Waals surface area (Å²) in [5.41, 5.74) is 1.56. The second kappa shape index (κ2) is 8.64. The Morgan fingerprint density at radius 2 is 1.94 bits per heavy atom. The highest BCUT2D eigenvalue weighted by Gasteiger charge is 2.44. The molecule has 0 saturated heterocycles. The summed E-state index contributed by atoms with van der Waals surface area (Å²) in [6.45, 7) is 0.136. The lowest BCUT2D eigenvalue weighted by Gasteiger charge is -2.26. The Labute approximate surface area is 199 Å². The second-order valence-corrected chi connectivity index (χ2v) is 8.15. The first-order chi connectivity index (χ1) is 16.5. The molecule has 1 aliphatic rings. The highest BCUT2D eigenvalue weighted by molar-refractivity contribution is 6.31. The van der Waals surface area contributed by atoms with Crippen LogP contribution in [0, 0.1) is 0 Å². The Hall–Kier alpha value is -4.17. The summed E-state index contributed by atoms with van der Waals surface area (Å²) >= 11 is 6.14. The number of furan rings is 1. The number of benzene rings is 1. The number of hydrogen-bond acceptors (Lipinski definition) is 7. The zero-order valence-electron chi connectivity index (χ0n) is 17.9. The van der Waals surface area contributed by atoms with E-state index in [9.17, 15) is 14.7 Å². The van der Waals surface area contributed by atoms with E-state index >= 15 is 0 Å². The summed E-state index contributed by atoms with van der Waals surface area (Å²) in [5.74, 6) is -1.61. The monoisotopic (exact) mass is 475 g/mol. The number of amides is 1. The Balaban J connectivity index is 1.60. The van der Waals surface area contributed by atoms with E-state index in [0.29, 0.717) is 27.3 Å². The van der Waals surface area contributed by atoms with Crippen LogP contribution < -0.4 is 4.74 Å². The van der Waals surface area contributed by atoms with Gasteiger partial charge in [-0.2, -0.15) is 0 Å². The van der Waals surface area contributed by atoms with Crippen LogP contribution in [-0.4, -0.2) is 38.8 Å². The van der Waals surface area contributed by atoms with Crippen LogP contribution in [0.15, 0.2) is 83.0 Å². The Bertz CT molecular complexity index is 1430. The summed E-state index contributed by atoms with van der Waals surface area (Å²) < 4.78 is 11.1. The van der Waals surface area contributed by atoms with E-state index in [1.807, 2.05) is 6.07 Å². The molecule has 0 aliphatic carbocycles. The number of aliphatic hydroxyl groups excluding tert-OH is 1. The van der Waals surface area contributed by atoms with Gasteiger partial charge in [-0.25, -0.2) is 0 Å². The van der Waals surface area contributed by atoms with E-state index in [4.69, 9.17) is 20.8 Å². The average molecular weight is 476 g/mol. The van der Waals surface area contributed by atoms with Crippen molar-refractivity contribution < 1.29 is 23.8 Å². The van der Waals surface area contributed by atoms with Gasteiger partial charge in [0.25, 0.3) is 5.91 Å². The minimum Gasteiger partial charge on any atom is -0.503 e. The highest BCUT2D eigenvalue weighted by atomic mass is 35.5. The van der Waals surface area contributed by atoms with Gasteiger partial charge in [-0.3, -0.25) is 19.6 Å². The number of carbonyl (C=O) groups is 2. The molecule has 1 aliphatic heterocycles. The number of hydrogen-bond donors (Lipinski definition) is 1. The summed E-state index contributed by atoms with van der Waals surface area (Å²) in [6.07, 6.45) is 6.40. The summed E-state index contributed by atoms with van der Waals surface area (Å²) in [7, 11) is 1.47. The molecule has 1 N–H and O–H groups in total. The molecule has 1 atom stereocenters. The largest absolute Gasteiger partial charge is 0.503 e. The van der Waals surface area contributed by atoms with Crippen LogP contribution >= 0.6 is 11.6 Å². The molecule has 1 unspecified atom stereocenters. The first-order valence-electron chi connectivity index (χ1n) is 10.3. The Morgan fingerprint density at radius 3 is 2.62 bits per heavy atom. The first-order valence-corrected chi connectivity index (χ1v) is 10.7. The van der Waals surface area contributed by atoms with Crippen molar-refractivity contribution in [3.05, 3.63) is 100 Å². The third-order valence-corrected chi connectivity index (χ3v) is 5.83. The summed E-state index contributed by atoms with van der Waals surface area (Å²) in [5, 5.41) is 11.8. The van der Waals surface area contributed by atoms with Crippen molar-refractivity contribution in [2.45, 2.75) is 12.6 Å². The van der Waals surface area contributed by atoms with Gasteiger partial charge in [0.15, 0.2) is 22.9 Å². The van der Waals surface area contributed by atoms with Crippen molar-refractivity contribution in [3.8, 4) is 5.75 Å². The average Bonchev–Trinajstić information content (AvgIpc) is 3.39. The predicted octanol–water partition coefficient (Wildman–Crippen LogP) is 4.66. The number of halogens is 1. The fraction of sp³-hybridized carbons (Fsp3) is 0.120. The number of pyridine rings is 2. The van der Waals surface area contributed by atoms with Gasteiger partial charge in [-0.1, -0.05) is 23.7 Å². The van der Waals surface area contributed by atoms with Crippen LogP contribution in [0.5, 0.6) is 5.75 Å². The second-order valence-electron chi connectivity index (χ2n) is 7.71. The van der Waals surface area contributed by atoms with Crippen LogP contribution in [0.4, 0.5) is 0 Å². The zero-order valence-corrected chi connectivity index (χ0v) is 18.7. The standard InChI is InChI=1S/C25H18ClN3O5/c1-33-19-10-17(26)8-16-9-18(34-24(16)19)22(30)20-21(15-5-3-7-28-12-15)29(25(32)23(20)31)13-14-4-2-6-27-11-14/h2-12,21,31H,13H2,1H3. The molecule has 170 valence electrons. The Morgan fingerprint density at radius 1 is 1.18 bits per heavy atom. The van der Waals surface area contributed by atoms with Gasteiger partial charge in [-0.05, 0) is 35.4 Å². The van der Waals surface area contributed by atoms with E-state index in [2.05, 4.69) is 9.97 Å². The molecule has 3 aromatic heterocycles. The molecule has 0 bridgehead atoms. The number of aliphatic hydroxyl groups is 1. The first kappa shape index (κ1) is 21.7. The van der Waals surface area contributed by atoms with Gasteiger partial charge in [0.05, 0.1) is 18.7 Å². The van der Waals surface area contributed by atoms with Crippen LogP contribution in [0.2, 0.25) is 5.02 Å². The van der Waals surface area contributed by atoms with Crippen LogP contribution in [0.25, 0.3) is 11.0 Å².